The lowest BCUT2D eigenvalue weighted by Crippen LogP contribution is -2.43. The zero-order valence-corrected chi connectivity index (χ0v) is 12.2. The molecule has 0 spiro atoms. The average Bonchev–Trinajstić information content (AvgIpc) is 2.28. The maximum Gasteiger partial charge on any atom is 0.317 e. The normalized spacial score (nSPS) is 12.3. The molecule has 0 fully saturated rings. The Hall–Kier alpha value is -1.22. The van der Waals surface area contributed by atoms with Gasteiger partial charge in [0.15, 0.2) is 0 Å². The van der Waals surface area contributed by atoms with E-state index in [0.717, 1.165) is 5.56 Å². The van der Waals surface area contributed by atoms with Gasteiger partial charge in [-0.25, -0.2) is 4.79 Å². The largest absolute Gasteiger partial charge is 0.335 e. The number of rotatable bonds is 4. The highest BCUT2D eigenvalue weighted by Gasteiger charge is 2.14. The van der Waals surface area contributed by atoms with E-state index in [-0.39, 0.29) is 12.1 Å². The second-order valence-electron chi connectivity index (χ2n) is 4.97. The second-order valence-corrected chi connectivity index (χ2v) is 5.40. The first kappa shape index (κ1) is 14.8. The minimum atomic E-state index is -0.0591. The third-order valence-corrected chi connectivity index (χ3v) is 3.24. The van der Waals surface area contributed by atoms with E-state index in [9.17, 15) is 4.79 Å². The summed E-state index contributed by atoms with van der Waals surface area (Å²) in [6.07, 6.45) is 0. The van der Waals surface area contributed by atoms with Crippen LogP contribution in [0.1, 0.15) is 26.3 Å². The van der Waals surface area contributed by atoms with E-state index in [1.54, 1.807) is 11.9 Å². The van der Waals surface area contributed by atoms with Crippen molar-refractivity contribution in [3.63, 3.8) is 0 Å². The maximum absolute atomic E-state index is 11.9. The molecule has 0 radical (unpaired) electrons. The fourth-order valence-electron chi connectivity index (χ4n) is 1.45. The van der Waals surface area contributed by atoms with Crippen LogP contribution in [0.5, 0.6) is 0 Å². The molecule has 0 saturated carbocycles. The number of urea groups is 1. The molecule has 0 bridgehead atoms. The van der Waals surface area contributed by atoms with Crippen LogP contribution < -0.4 is 5.32 Å². The Bertz CT molecular complexity index is 407. The number of nitrogens with one attached hydrogen (secondary N) is 1. The number of benzene rings is 1. The highest BCUT2D eigenvalue weighted by molar-refractivity contribution is 6.30. The highest BCUT2D eigenvalue weighted by Crippen LogP contribution is 2.12. The number of hydrogen-bond acceptors (Lipinski definition) is 1. The molecule has 1 atom stereocenters. The molecule has 2 amide bonds. The Morgan fingerprint density at radius 2 is 2.06 bits per heavy atom. The first-order chi connectivity index (χ1) is 8.40. The Morgan fingerprint density at radius 3 is 2.61 bits per heavy atom. The smallest absolute Gasteiger partial charge is 0.317 e. The maximum atomic E-state index is 11.9. The van der Waals surface area contributed by atoms with Gasteiger partial charge in [0.2, 0.25) is 0 Å². The summed E-state index contributed by atoms with van der Waals surface area (Å²) in [7, 11) is 1.78. The van der Waals surface area contributed by atoms with Crippen LogP contribution in [0.25, 0.3) is 0 Å². The number of nitrogens with zero attached hydrogens (tertiary/aromatic N) is 1. The molecule has 0 aliphatic carbocycles. The molecular weight excluding hydrogens is 248 g/mol. The van der Waals surface area contributed by atoms with Crippen LogP contribution in [-0.4, -0.2) is 24.0 Å². The summed E-state index contributed by atoms with van der Waals surface area (Å²) in [5.74, 6) is 0.425. The van der Waals surface area contributed by atoms with Gasteiger partial charge in [0.05, 0.1) is 0 Å². The minimum absolute atomic E-state index is 0.0591. The average molecular weight is 269 g/mol. The molecule has 1 rings (SSSR count). The molecular formula is C14H21ClN2O. The quantitative estimate of drug-likeness (QED) is 0.890. The van der Waals surface area contributed by atoms with Gasteiger partial charge < -0.3 is 10.2 Å². The van der Waals surface area contributed by atoms with Crippen molar-refractivity contribution in [2.45, 2.75) is 33.4 Å². The van der Waals surface area contributed by atoms with Gasteiger partial charge in [-0.05, 0) is 30.5 Å². The SMILES string of the molecule is CC(C)C(C)NC(=O)N(C)Cc1cccc(Cl)c1. The minimum Gasteiger partial charge on any atom is -0.335 e. The van der Waals surface area contributed by atoms with Crippen molar-refractivity contribution in [1.82, 2.24) is 10.2 Å². The van der Waals surface area contributed by atoms with Gasteiger partial charge in [-0.1, -0.05) is 37.6 Å². The molecule has 0 aliphatic heterocycles. The van der Waals surface area contributed by atoms with E-state index in [2.05, 4.69) is 19.2 Å². The van der Waals surface area contributed by atoms with Crippen molar-refractivity contribution >= 4 is 17.6 Å². The van der Waals surface area contributed by atoms with Crippen molar-refractivity contribution in [2.24, 2.45) is 5.92 Å². The zero-order valence-electron chi connectivity index (χ0n) is 11.4. The lowest BCUT2D eigenvalue weighted by molar-refractivity contribution is 0.200. The molecule has 1 aromatic rings. The predicted molar refractivity (Wildman–Crippen MR) is 75.8 cm³/mol. The van der Waals surface area contributed by atoms with Crippen molar-refractivity contribution < 1.29 is 4.79 Å². The van der Waals surface area contributed by atoms with E-state index in [1.807, 2.05) is 31.2 Å². The zero-order chi connectivity index (χ0) is 13.7. The van der Waals surface area contributed by atoms with Crippen LogP contribution in [0.15, 0.2) is 24.3 Å². The Balaban J connectivity index is 2.55. The fraction of sp³-hybridized carbons (Fsp3) is 0.500. The molecule has 3 nitrogen and oxygen atoms in total. The lowest BCUT2D eigenvalue weighted by Gasteiger charge is -2.23. The summed E-state index contributed by atoms with van der Waals surface area (Å²) < 4.78 is 0. The van der Waals surface area contributed by atoms with Crippen LogP contribution in [0.2, 0.25) is 5.02 Å². The highest BCUT2D eigenvalue weighted by atomic mass is 35.5. The molecule has 0 aliphatic rings. The van der Waals surface area contributed by atoms with Crippen molar-refractivity contribution in [2.75, 3.05) is 7.05 Å². The van der Waals surface area contributed by atoms with Crippen LogP contribution >= 0.6 is 11.6 Å². The first-order valence-corrected chi connectivity index (χ1v) is 6.54. The van der Waals surface area contributed by atoms with Crippen molar-refractivity contribution in [3.05, 3.63) is 34.9 Å². The number of hydrogen-bond donors (Lipinski definition) is 1. The summed E-state index contributed by atoms with van der Waals surface area (Å²) in [4.78, 5) is 13.6. The van der Waals surface area contributed by atoms with E-state index < -0.39 is 0 Å². The third-order valence-electron chi connectivity index (χ3n) is 3.01. The predicted octanol–water partition coefficient (Wildman–Crippen LogP) is 3.53. The molecule has 0 saturated heterocycles. The van der Waals surface area contributed by atoms with Gasteiger partial charge in [-0.2, -0.15) is 0 Å². The van der Waals surface area contributed by atoms with Gasteiger partial charge in [0.1, 0.15) is 0 Å². The molecule has 4 heteroatoms. The summed E-state index contributed by atoms with van der Waals surface area (Å²) in [6.45, 7) is 6.73. The molecule has 1 N–H and O–H groups in total. The topological polar surface area (TPSA) is 32.3 Å². The summed E-state index contributed by atoms with van der Waals surface area (Å²) in [6, 6.07) is 7.65. The van der Waals surface area contributed by atoms with Gasteiger partial charge >= 0.3 is 6.03 Å². The van der Waals surface area contributed by atoms with Crippen LogP contribution in [0.4, 0.5) is 4.79 Å². The second kappa shape index (κ2) is 6.64. The lowest BCUT2D eigenvalue weighted by atomic mass is 10.1. The number of carbonyl (C=O) groups is 1. The van der Waals surface area contributed by atoms with Gasteiger partial charge in [-0.15, -0.1) is 0 Å². The van der Waals surface area contributed by atoms with Crippen LogP contribution in [0.3, 0.4) is 0 Å². The van der Waals surface area contributed by atoms with Crippen molar-refractivity contribution in [3.8, 4) is 0 Å². The van der Waals surface area contributed by atoms with Gasteiger partial charge in [0.25, 0.3) is 0 Å². The van der Waals surface area contributed by atoms with Crippen LogP contribution in [0, 0.1) is 5.92 Å². The summed E-state index contributed by atoms with van der Waals surface area (Å²) in [5.41, 5.74) is 1.03. The Labute approximate surface area is 114 Å². The third kappa shape index (κ3) is 4.57. The molecule has 0 aromatic heterocycles. The van der Waals surface area contributed by atoms with E-state index in [0.29, 0.717) is 17.5 Å². The monoisotopic (exact) mass is 268 g/mol. The Morgan fingerprint density at radius 1 is 1.39 bits per heavy atom. The van der Waals surface area contributed by atoms with E-state index >= 15 is 0 Å². The molecule has 100 valence electrons. The van der Waals surface area contributed by atoms with Crippen molar-refractivity contribution in [1.29, 1.82) is 0 Å². The van der Waals surface area contributed by atoms with E-state index in [4.69, 9.17) is 11.6 Å². The molecule has 1 aromatic carbocycles. The first-order valence-electron chi connectivity index (χ1n) is 6.16. The number of halogens is 1. The van der Waals surface area contributed by atoms with Gasteiger partial charge in [0, 0.05) is 24.7 Å². The summed E-state index contributed by atoms with van der Waals surface area (Å²) >= 11 is 5.91. The van der Waals surface area contributed by atoms with E-state index in [1.165, 1.54) is 0 Å². The molecule has 0 heterocycles. The fourth-order valence-corrected chi connectivity index (χ4v) is 1.67. The number of carbonyl (C=O) groups excluding carboxylic acids is 1. The number of amides is 2. The molecule has 1 unspecified atom stereocenters. The van der Waals surface area contributed by atoms with Gasteiger partial charge in [-0.3, -0.25) is 0 Å². The summed E-state index contributed by atoms with van der Waals surface area (Å²) in [5, 5.41) is 3.66. The molecule has 18 heavy (non-hydrogen) atoms. The van der Waals surface area contributed by atoms with Crippen LogP contribution in [-0.2, 0) is 6.54 Å². The standard InChI is InChI=1S/C14H21ClN2O/c1-10(2)11(3)16-14(18)17(4)9-12-6-5-7-13(15)8-12/h5-8,10-11H,9H2,1-4H3,(H,16,18). The Kier molecular flexibility index (Phi) is 5.48.